The van der Waals surface area contributed by atoms with Crippen molar-refractivity contribution in [2.75, 3.05) is 0 Å². The van der Waals surface area contributed by atoms with E-state index in [2.05, 4.69) is 19.9 Å². The van der Waals surface area contributed by atoms with E-state index in [1.807, 2.05) is 37.3 Å². The molecule has 19 heavy (non-hydrogen) atoms. The minimum atomic E-state index is 0.854. The third-order valence-electron chi connectivity index (χ3n) is 2.93. The van der Waals surface area contributed by atoms with Crippen molar-refractivity contribution in [2.24, 2.45) is 0 Å². The highest BCUT2D eigenvalue weighted by molar-refractivity contribution is 5.70. The molecule has 0 saturated heterocycles. The fourth-order valence-corrected chi connectivity index (χ4v) is 2.01. The first-order chi connectivity index (χ1) is 9.36. The Morgan fingerprint density at radius 1 is 0.842 bits per heavy atom. The average molecular weight is 248 g/mol. The standard InChI is InChI=1S/C15H12N4/c1-11-14(12-5-4-7-16-9-12)18-10-19-15(11)13-6-2-3-8-17-13/h2-10H,1H3. The van der Waals surface area contributed by atoms with Crippen LogP contribution in [0.3, 0.4) is 0 Å². The van der Waals surface area contributed by atoms with Crippen LogP contribution in [0.2, 0.25) is 0 Å². The summed E-state index contributed by atoms with van der Waals surface area (Å²) < 4.78 is 0. The number of rotatable bonds is 2. The molecule has 0 spiro atoms. The van der Waals surface area contributed by atoms with Gasteiger partial charge in [0, 0.05) is 29.7 Å². The number of hydrogen-bond donors (Lipinski definition) is 0. The second kappa shape index (κ2) is 4.94. The van der Waals surface area contributed by atoms with E-state index in [-0.39, 0.29) is 0 Å². The van der Waals surface area contributed by atoms with Gasteiger partial charge in [0.25, 0.3) is 0 Å². The molecule has 0 amide bonds. The fourth-order valence-electron chi connectivity index (χ4n) is 2.01. The topological polar surface area (TPSA) is 51.6 Å². The Labute approximate surface area is 111 Å². The molecule has 0 fully saturated rings. The summed E-state index contributed by atoms with van der Waals surface area (Å²) in [6.45, 7) is 2.01. The lowest BCUT2D eigenvalue weighted by atomic mass is 10.1. The van der Waals surface area contributed by atoms with Gasteiger partial charge in [-0.2, -0.15) is 0 Å². The molecule has 92 valence electrons. The molecule has 0 bridgehead atoms. The molecule has 0 unspecified atom stereocenters. The minimum Gasteiger partial charge on any atom is -0.264 e. The lowest BCUT2D eigenvalue weighted by Gasteiger charge is -2.08. The Morgan fingerprint density at radius 2 is 1.74 bits per heavy atom. The van der Waals surface area contributed by atoms with Crippen molar-refractivity contribution < 1.29 is 0 Å². The molecule has 4 nitrogen and oxygen atoms in total. The first-order valence-corrected chi connectivity index (χ1v) is 5.99. The first-order valence-electron chi connectivity index (χ1n) is 5.99. The van der Waals surface area contributed by atoms with E-state index in [1.165, 1.54) is 0 Å². The lowest BCUT2D eigenvalue weighted by molar-refractivity contribution is 1.12. The molecule has 0 aromatic carbocycles. The van der Waals surface area contributed by atoms with Crippen LogP contribution in [0.15, 0.2) is 55.2 Å². The zero-order chi connectivity index (χ0) is 13.1. The average Bonchev–Trinajstić information content (AvgIpc) is 2.49. The summed E-state index contributed by atoms with van der Waals surface area (Å²) in [4.78, 5) is 17.2. The molecule has 3 aromatic heterocycles. The smallest absolute Gasteiger partial charge is 0.116 e. The van der Waals surface area contributed by atoms with E-state index in [0.717, 1.165) is 28.2 Å². The van der Waals surface area contributed by atoms with Crippen molar-refractivity contribution in [1.29, 1.82) is 0 Å². The molecule has 0 aliphatic carbocycles. The third-order valence-corrected chi connectivity index (χ3v) is 2.93. The molecule has 3 heterocycles. The van der Waals surface area contributed by atoms with Crippen LogP contribution < -0.4 is 0 Å². The molecule has 3 aromatic rings. The van der Waals surface area contributed by atoms with Crippen LogP contribution in [0.4, 0.5) is 0 Å². The van der Waals surface area contributed by atoms with Gasteiger partial charge in [0.2, 0.25) is 0 Å². The normalized spacial score (nSPS) is 10.4. The van der Waals surface area contributed by atoms with Crippen molar-refractivity contribution >= 4 is 0 Å². The Morgan fingerprint density at radius 3 is 2.47 bits per heavy atom. The molecule has 0 atom stereocenters. The highest BCUT2D eigenvalue weighted by Crippen LogP contribution is 2.26. The van der Waals surface area contributed by atoms with E-state index in [4.69, 9.17) is 0 Å². The number of nitrogens with zero attached hydrogens (tertiary/aromatic N) is 4. The predicted octanol–water partition coefficient (Wildman–Crippen LogP) is 2.91. The number of aromatic nitrogens is 4. The second-order valence-corrected chi connectivity index (χ2v) is 4.15. The van der Waals surface area contributed by atoms with Crippen LogP contribution in [0.25, 0.3) is 22.6 Å². The Kier molecular flexibility index (Phi) is 2.98. The summed E-state index contributed by atoms with van der Waals surface area (Å²) in [6, 6.07) is 9.68. The van der Waals surface area contributed by atoms with Crippen molar-refractivity contribution in [1.82, 2.24) is 19.9 Å². The SMILES string of the molecule is Cc1c(-c2cccnc2)ncnc1-c1ccccn1. The maximum atomic E-state index is 4.36. The minimum absolute atomic E-state index is 0.854. The van der Waals surface area contributed by atoms with Crippen molar-refractivity contribution in [3.05, 3.63) is 60.8 Å². The van der Waals surface area contributed by atoms with E-state index >= 15 is 0 Å². The lowest BCUT2D eigenvalue weighted by Crippen LogP contribution is -1.96. The summed E-state index contributed by atoms with van der Waals surface area (Å²) in [5.74, 6) is 0. The summed E-state index contributed by atoms with van der Waals surface area (Å²) in [5.41, 5.74) is 4.60. The molecular weight excluding hydrogens is 236 g/mol. The zero-order valence-electron chi connectivity index (χ0n) is 10.5. The van der Waals surface area contributed by atoms with E-state index in [1.54, 1.807) is 24.9 Å². The van der Waals surface area contributed by atoms with Gasteiger partial charge in [-0.1, -0.05) is 6.07 Å². The van der Waals surface area contributed by atoms with Crippen molar-refractivity contribution in [3.63, 3.8) is 0 Å². The van der Waals surface area contributed by atoms with Gasteiger partial charge in [0.15, 0.2) is 0 Å². The van der Waals surface area contributed by atoms with Crippen LogP contribution in [0.1, 0.15) is 5.56 Å². The molecule has 0 saturated carbocycles. The van der Waals surface area contributed by atoms with Gasteiger partial charge in [0.05, 0.1) is 17.1 Å². The summed E-state index contributed by atoms with van der Waals surface area (Å²) >= 11 is 0. The molecule has 0 aliphatic rings. The molecule has 0 radical (unpaired) electrons. The van der Waals surface area contributed by atoms with E-state index in [0.29, 0.717) is 0 Å². The fraction of sp³-hybridized carbons (Fsp3) is 0.0667. The summed E-state index contributed by atoms with van der Waals surface area (Å²) in [7, 11) is 0. The summed E-state index contributed by atoms with van der Waals surface area (Å²) in [6.07, 6.45) is 6.89. The van der Waals surface area contributed by atoms with Gasteiger partial charge in [-0.25, -0.2) is 9.97 Å². The second-order valence-electron chi connectivity index (χ2n) is 4.15. The quantitative estimate of drug-likeness (QED) is 0.699. The Hall–Kier alpha value is -2.62. The maximum Gasteiger partial charge on any atom is 0.116 e. The van der Waals surface area contributed by atoms with Crippen LogP contribution in [0, 0.1) is 6.92 Å². The molecular formula is C15H12N4. The predicted molar refractivity (Wildman–Crippen MR) is 73.2 cm³/mol. The van der Waals surface area contributed by atoms with Gasteiger partial charge in [-0.05, 0) is 31.2 Å². The molecule has 3 rings (SSSR count). The largest absolute Gasteiger partial charge is 0.264 e. The first kappa shape index (κ1) is 11.5. The van der Waals surface area contributed by atoms with E-state index in [9.17, 15) is 0 Å². The molecule has 0 aliphatic heterocycles. The highest BCUT2D eigenvalue weighted by atomic mass is 14.9. The van der Waals surface area contributed by atoms with Gasteiger partial charge >= 0.3 is 0 Å². The Bertz CT molecular complexity index is 623. The van der Waals surface area contributed by atoms with E-state index < -0.39 is 0 Å². The van der Waals surface area contributed by atoms with Crippen LogP contribution in [0.5, 0.6) is 0 Å². The van der Waals surface area contributed by atoms with Crippen molar-refractivity contribution in [2.45, 2.75) is 6.92 Å². The monoisotopic (exact) mass is 248 g/mol. The Balaban J connectivity index is 2.15. The van der Waals surface area contributed by atoms with Gasteiger partial charge in [-0.3, -0.25) is 9.97 Å². The van der Waals surface area contributed by atoms with Crippen molar-refractivity contribution in [3.8, 4) is 22.6 Å². The van der Waals surface area contributed by atoms with Gasteiger partial charge < -0.3 is 0 Å². The van der Waals surface area contributed by atoms with Crippen LogP contribution in [-0.4, -0.2) is 19.9 Å². The van der Waals surface area contributed by atoms with Gasteiger partial charge in [0.1, 0.15) is 6.33 Å². The summed E-state index contributed by atoms with van der Waals surface area (Å²) in [5, 5.41) is 0. The molecule has 0 N–H and O–H groups in total. The highest BCUT2D eigenvalue weighted by Gasteiger charge is 2.11. The third kappa shape index (κ3) is 2.20. The van der Waals surface area contributed by atoms with Gasteiger partial charge in [-0.15, -0.1) is 0 Å². The van der Waals surface area contributed by atoms with Crippen LogP contribution >= 0.6 is 0 Å². The number of hydrogen-bond acceptors (Lipinski definition) is 4. The maximum absolute atomic E-state index is 4.36. The zero-order valence-corrected chi connectivity index (χ0v) is 10.5. The molecule has 4 heteroatoms. The number of pyridine rings is 2. The van der Waals surface area contributed by atoms with Crippen LogP contribution in [-0.2, 0) is 0 Å².